The molecule has 1 amide bonds. The number of allylic oxidation sites excluding steroid dienone is 1. The summed E-state index contributed by atoms with van der Waals surface area (Å²) in [6.45, 7) is 3.83. The number of hydrogen-bond donors (Lipinski definition) is 2. The van der Waals surface area contributed by atoms with E-state index in [2.05, 4.69) is 10.6 Å². The third kappa shape index (κ3) is 6.29. The summed E-state index contributed by atoms with van der Waals surface area (Å²) >= 11 is 1.26. The fourth-order valence-corrected chi connectivity index (χ4v) is 4.00. The van der Waals surface area contributed by atoms with Crippen molar-refractivity contribution < 1.29 is 23.8 Å². The molecule has 0 saturated carbocycles. The Morgan fingerprint density at radius 1 is 1.09 bits per heavy atom. The molecule has 0 aliphatic carbocycles. The van der Waals surface area contributed by atoms with Crippen LogP contribution in [0.1, 0.15) is 25.5 Å². The Morgan fingerprint density at radius 2 is 1.82 bits per heavy atom. The zero-order valence-corrected chi connectivity index (χ0v) is 19.8. The van der Waals surface area contributed by atoms with Crippen molar-refractivity contribution in [1.29, 1.82) is 0 Å². The number of carbonyl (C=O) groups excluding carboxylic acids is 2. The van der Waals surface area contributed by atoms with Crippen molar-refractivity contribution in [1.82, 2.24) is 5.32 Å². The molecule has 0 unspecified atom stereocenters. The van der Waals surface area contributed by atoms with Gasteiger partial charge in [0.25, 0.3) is 0 Å². The summed E-state index contributed by atoms with van der Waals surface area (Å²) < 4.78 is 15.7. The lowest BCUT2D eigenvalue weighted by molar-refractivity contribution is -0.139. The molecule has 2 aromatic rings. The number of amides is 1. The van der Waals surface area contributed by atoms with Gasteiger partial charge in [0.2, 0.25) is 5.91 Å². The van der Waals surface area contributed by atoms with E-state index in [0.717, 1.165) is 5.56 Å². The number of rotatable bonds is 8. The molecular formula is C24H27N3O5S. The van der Waals surface area contributed by atoms with Crippen LogP contribution in [-0.4, -0.2) is 43.6 Å². The van der Waals surface area contributed by atoms with E-state index in [1.54, 1.807) is 52.3 Å². The molecule has 33 heavy (non-hydrogen) atoms. The second-order valence-electron chi connectivity index (χ2n) is 7.06. The molecule has 1 heterocycles. The van der Waals surface area contributed by atoms with Gasteiger partial charge in [0.15, 0.2) is 5.17 Å². The fraction of sp³-hybridized carbons (Fsp3) is 0.292. The first-order valence-electron chi connectivity index (χ1n) is 10.4. The lowest BCUT2D eigenvalue weighted by Crippen LogP contribution is -2.31. The Labute approximate surface area is 197 Å². The molecule has 0 fully saturated rings. The minimum atomic E-state index is -0.555. The van der Waals surface area contributed by atoms with Crippen LogP contribution in [0.2, 0.25) is 0 Å². The first-order valence-corrected chi connectivity index (χ1v) is 11.4. The predicted molar refractivity (Wildman–Crippen MR) is 130 cm³/mol. The van der Waals surface area contributed by atoms with Crippen LogP contribution in [0.25, 0.3) is 0 Å². The van der Waals surface area contributed by atoms with Gasteiger partial charge in [-0.2, -0.15) is 0 Å². The van der Waals surface area contributed by atoms with Crippen LogP contribution in [-0.2, 0) is 14.3 Å². The number of thioether (sulfide) groups is 1. The number of benzene rings is 2. The van der Waals surface area contributed by atoms with Crippen molar-refractivity contribution in [3.8, 4) is 11.5 Å². The van der Waals surface area contributed by atoms with Gasteiger partial charge in [-0.3, -0.25) is 4.79 Å². The number of esters is 1. The van der Waals surface area contributed by atoms with E-state index in [-0.39, 0.29) is 18.3 Å². The topological polar surface area (TPSA) is 98.2 Å². The maximum atomic E-state index is 12.6. The zero-order valence-electron chi connectivity index (χ0n) is 19.0. The van der Waals surface area contributed by atoms with Crippen molar-refractivity contribution >= 4 is 34.5 Å². The quantitative estimate of drug-likeness (QED) is 0.566. The molecule has 1 aliphatic rings. The number of amidine groups is 1. The van der Waals surface area contributed by atoms with Crippen molar-refractivity contribution in [2.24, 2.45) is 4.99 Å². The van der Waals surface area contributed by atoms with Gasteiger partial charge in [-0.15, -0.1) is 0 Å². The predicted octanol–water partition coefficient (Wildman–Crippen LogP) is 3.91. The minimum absolute atomic E-state index is 0.139. The van der Waals surface area contributed by atoms with Crippen LogP contribution < -0.4 is 20.1 Å². The Bertz CT molecular complexity index is 1070. The van der Waals surface area contributed by atoms with E-state index in [1.807, 2.05) is 24.3 Å². The Kier molecular flexibility index (Phi) is 8.37. The summed E-state index contributed by atoms with van der Waals surface area (Å²) in [6, 6.07) is 14.0. The van der Waals surface area contributed by atoms with Crippen LogP contribution in [0, 0.1) is 0 Å². The molecule has 0 spiro atoms. The number of hydrogen-bond acceptors (Lipinski definition) is 8. The molecule has 2 aromatic carbocycles. The summed E-state index contributed by atoms with van der Waals surface area (Å²) in [4.78, 5) is 29.8. The van der Waals surface area contributed by atoms with Gasteiger partial charge in [0.1, 0.15) is 17.5 Å². The summed E-state index contributed by atoms with van der Waals surface area (Å²) in [5.74, 6) is 0.899. The van der Waals surface area contributed by atoms with E-state index in [4.69, 9.17) is 19.2 Å². The molecule has 8 nitrogen and oxygen atoms in total. The number of anilines is 1. The summed E-state index contributed by atoms with van der Waals surface area (Å²) in [5.41, 5.74) is 2.54. The molecule has 1 aliphatic heterocycles. The average Bonchev–Trinajstić information content (AvgIpc) is 2.82. The molecule has 0 bridgehead atoms. The molecule has 174 valence electrons. The number of methoxy groups -OCH3 is 2. The van der Waals surface area contributed by atoms with Crippen LogP contribution >= 0.6 is 11.8 Å². The molecule has 3 rings (SSSR count). The van der Waals surface area contributed by atoms with Gasteiger partial charge in [-0.25, -0.2) is 9.79 Å². The largest absolute Gasteiger partial charge is 0.497 e. The van der Waals surface area contributed by atoms with Crippen molar-refractivity contribution in [3.63, 3.8) is 0 Å². The third-order valence-electron chi connectivity index (χ3n) is 4.84. The van der Waals surface area contributed by atoms with E-state index < -0.39 is 12.0 Å². The Morgan fingerprint density at radius 3 is 2.48 bits per heavy atom. The van der Waals surface area contributed by atoms with Crippen molar-refractivity contribution in [2.75, 3.05) is 31.9 Å². The summed E-state index contributed by atoms with van der Waals surface area (Å²) in [5, 5.41) is 6.52. The number of carbonyl (C=O) groups is 2. The third-order valence-corrected chi connectivity index (χ3v) is 5.73. The summed E-state index contributed by atoms with van der Waals surface area (Å²) in [7, 11) is 3.17. The average molecular weight is 470 g/mol. The van der Waals surface area contributed by atoms with Crippen LogP contribution in [0.3, 0.4) is 0 Å². The first-order chi connectivity index (χ1) is 15.9. The second kappa shape index (κ2) is 11.4. The highest BCUT2D eigenvalue weighted by atomic mass is 32.2. The standard InChI is InChI=1S/C24H27N3O5S/c1-5-32-23(29)21-15(2)25-24(27-22(21)16-9-11-18(30-3)12-10-16)33-14-20(28)26-17-7-6-8-19(13-17)31-4/h6-13,22H,5,14H2,1-4H3,(H,25,27)(H,26,28)/t22-/m0/s1. The molecule has 1 atom stereocenters. The normalized spacial score (nSPS) is 15.3. The van der Waals surface area contributed by atoms with Gasteiger partial charge < -0.3 is 24.8 Å². The van der Waals surface area contributed by atoms with Gasteiger partial charge in [0, 0.05) is 17.5 Å². The highest BCUT2D eigenvalue weighted by molar-refractivity contribution is 8.14. The van der Waals surface area contributed by atoms with Gasteiger partial charge in [-0.05, 0) is 43.7 Å². The molecule has 0 aromatic heterocycles. The van der Waals surface area contributed by atoms with E-state index in [0.29, 0.717) is 33.6 Å². The second-order valence-corrected chi connectivity index (χ2v) is 8.03. The van der Waals surface area contributed by atoms with Crippen molar-refractivity contribution in [2.45, 2.75) is 19.9 Å². The smallest absolute Gasteiger partial charge is 0.338 e. The highest BCUT2D eigenvalue weighted by Crippen LogP contribution is 2.33. The molecule has 0 radical (unpaired) electrons. The lowest BCUT2D eigenvalue weighted by Gasteiger charge is -2.25. The molecular weight excluding hydrogens is 442 g/mol. The van der Waals surface area contributed by atoms with E-state index >= 15 is 0 Å². The zero-order chi connectivity index (χ0) is 23.8. The Hall–Kier alpha value is -3.46. The monoisotopic (exact) mass is 469 g/mol. The fourth-order valence-electron chi connectivity index (χ4n) is 3.25. The SMILES string of the molecule is CCOC(=O)C1=C(C)NC(SCC(=O)Nc2cccc(OC)c2)=N[C@H]1c1ccc(OC)cc1. The number of nitrogens with one attached hydrogen (secondary N) is 2. The van der Waals surface area contributed by atoms with E-state index in [1.165, 1.54) is 11.8 Å². The lowest BCUT2D eigenvalue weighted by atomic mass is 9.96. The van der Waals surface area contributed by atoms with Crippen LogP contribution in [0.15, 0.2) is 64.8 Å². The first kappa shape index (κ1) is 24.2. The number of aliphatic imine (C=N–C) groups is 1. The van der Waals surface area contributed by atoms with Crippen LogP contribution in [0.5, 0.6) is 11.5 Å². The molecule has 0 saturated heterocycles. The maximum absolute atomic E-state index is 12.6. The van der Waals surface area contributed by atoms with Crippen LogP contribution in [0.4, 0.5) is 5.69 Å². The molecule has 2 N–H and O–H groups in total. The summed E-state index contributed by atoms with van der Waals surface area (Å²) in [6.07, 6.45) is 0. The maximum Gasteiger partial charge on any atom is 0.338 e. The van der Waals surface area contributed by atoms with Crippen molar-refractivity contribution in [3.05, 3.63) is 65.4 Å². The Balaban J connectivity index is 1.76. The van der Waals surface area contributed by atoms with Gasteiger partial charge >= 0.3 is 5.97 Å². The van der Waals surface area contributed by atoms with Gasteiger partial charge in [0.05, 0.1) is 32.2 Å². The minimum Gasteiger partial charge on any atom is -0.497 e. The van der Waals surface area contributed by atoms with E-state index in [9.17, 15) is 9.59 Å². The van der Waals surface area contributed by atoms with Gasteiger partial charge in [-0.1, -0.05) is 30.0 Å². The number of ether oxygens (including phenoxy) is 3. The number of nitrogens with zero attached hydrogens (tertiary/aromatic N) is 1. The molecule has 9 heteroatoms. The highest BCUT2D eigenvalue weighted by Gasteiger charge is 2.30.